The van der Waals surface area contributed by atoms with Crippen molar-refractivity contribution in [3.8, 4) is 23.1 Å². The first kappa shape index (κ1) is 26.9. The zero-order valence-corrected chi connectivity index (χ0v) is 24.0. The van der Waals surface area contributed by atoms with Crippen molar-refractivity contribution in [1.82, 2.24) is 24.0 Å². The second kappa shape index (κ2) is 9.97. The predicted molar refractivity (Wildman–Crippen MR) is 153 cm³/mol. The third kappa shape index (κ3) is 5.16. The lowest BCUT2D eigenvalue weighted by Gasteiger charge is -2.40. The van der Waals surface area contributed by atoms with Gasteiger partial charge < -0.3 is 33.4 Å². The Morgan fingerprint density at radius 1 is 0.976 bits per heavy atom. The number of benzene rings is 1. The number of amides is 1. The normalized spacial score (nSPS) is 15.8. The van der Waals surface area contributed by atoms with Gasteiger partial charge in [-0.25, -0.2) is 14.6 Å². The minimum atomic E-state index is -1.05. The number of aromatic carboxylic acids is 1. The molecule has 1 amide bonds. The Bertz CT molecular complexity index is 1660. The molecular weight excluding hydrogens is 526 g/mol. The molecule has 4 heterocycles. The highest BCUT2D eigenvalue weighted by molar-refractivity contribution is 5.96. The van der Waals surface area contributed by atoms with Gasteiger partial charge in [0.15, 0.2) is 5.82 Å². The number of hydrogen-bond donors (Lipinski definition) is 1. The minimum Gasteiger partial charge on any atom is -0.494 e. The summed E-state index contributed by atoms with van der Waals surface area (Å²) in [4.78, 5) is 36.0. The number of nitrogens with zero attached hydrogens (tertiary/aromatic N) is 5. The number of ether oxygens (including phenoxy) is 3. The number of fused-ring (bicyclic) bond motifs is 2. The van der Waals surface area contributed by atoms with E-state index in [1.54, 1.807) is 18.1 Å². The summed E-state index contributed by atoms with van der Waals surface area (Å²) in [5.41, 5.74) is 2.52. The van der Waals surface area contributed by atoms with E-state index in [1.165, 1.54) is 13.2 Å². The molecule has 1 aromatic carbocycles. The molecule has 2 fully saturated rings. The fourth-order valence-corrected chi connectivity index (χ4v) is 5.45. The van der Waals surface area contributed by atoms with Crippen LogP contribution >= 0.6 is 0 Å². The van der Waals surface area contributed by atoms with Crippen molar-refractivity contribution in [1.29, 1.82) is 0 Å². The second-order valence-corrected chi connectivity index (χ2v) is 12.0. The lowest BCUT2D eigenvalue weighted by Crippen LogP contribution is -2.52. The van der Waals surface area contributed by atoms with Gasteiger partial charge in [-0.2, -0.15) is 4.98 Å². The van der Waals surface area contributed by atoms with E-state index in [0.29, 0.717) is 48.5 Å². The van der Waals surface area contributed by atoms with Crippen molar-refractivity contribution in [2.75, 3.05) is 27.3 Å². The molecule has 1 aliphatic heterocycles. The number of pyridine rings is 1. The Morgan fingerprint density at radius 3 is 2.34 bits per heavy atom. The monoisotopic (exact) mass is 561 g/mol. The van der Waals surface area contributed by atoms with Crippen LogP contribution in [-0.2, 0) is 17.8 Å². The van der Waals surface area contributed by atoms with E-state index in [9.17, 15) is 14.7 Å². The molecule has 0 atom stereocenters. The Kier molecular flexibility index (Phi) is 6.55. The maximum atomic E-state index is 12.6. The maximum Gasteiger partial charge on any atom is 0.410 e. The fraction of sp³-hybridized carbons (Fsp3) is 0.467. The first-order chi connectivity index (χ1) is 19.5. The predicted octanol–water partition coefficient (Wildman–Crippen LogP) is 5.05. The van der Waals surface area contributed by atoms with E-state index < -0.39 is 11.6 Å². The van der Waals surface area contributed by atoms with E-state index in [-0.39, 0.29) is 17.6 Å². The molecule has 3 aromatic heterocycles. The number of carboxylic acid groups (broad SMARTS) is 1. The van der Waals surface area contributed by atoms with Crippen molar-refractivity contribution >= 4 is 34.1 Å². The van der Waals surface area contributed by atoms with Crippen LogP contribution in [0.3, 0.4) is 0 Å². The molecule has 1 aliphatic carbocycles. The van der Waals surface area contributed by atoms with Gasteiger partial charge in [-0.3, -0.25) is 0 Å². The molecule has 41 heavy (non-hydrogen) atoms. The van der Waals surface area contributed by atoms with Crippen LogP contribution in [0.1, 0.15) is 44.0 Å². The highest BCUT2D eigenvalue weighted by atomic mass is 16.6. The Labute approximate surface area is 237 Å². The summed E-state index contributed by atoms with van der Waals surface area (Å²) >= 11 is 0. The molecule has 1 N–H and O–H groups in total. The van der Waals surface area contributed by atoms with Gasteiger partial charge >= 0.3 is 12.1 Å². The van der Waals surface area contributed by atoms with Gasteiger partial charge in [0, 0.05) is 43.5 Å². The third-order valence-electron chi connectivity index (χ3n) is 7.62. The molecule has 1 saturated heterocycles. The Hall–Kier alpha value is -4.28. The summed E-state index contributed by atoms with van der Waals surface area (Å²) in [5, 5.41) is 10.7. The molecule has 0 spiro atoms. The molecule has 0 unspecified atom stereocenters. The standard InChI is InChI=1S/C30H35N5O6/c1-30(2,3)41-29(38)33-13-18(14-33)16-35-25-21(10-20(28(36)37)12-23(25)39-4)31-27(35)22-11-19-8-9-24(40-5)32-26(19)34(22)15-17-6-7-17/h8-12,17-18H,6-7,13-16H2,1-5H3,(H,36,37). The van der Waals surface area contributed by atoms with Gasteiger partial charge in [0.05, 0.1) is 31.0 Å². The molecule has 0 bridgehead atoms. The topological polar surface area (TPSA) is 121 Å². The molecule has 216 valence electrons. The van der Waals surface area contributed by atoms with E-state index in [4.69, 9.17) is 24.2 Å². The number of rotatable bonds is 8. The van der Waals surface area contributed by atoms with Crippen LogP contribution in [0.15, 0.2) is 30.3 Å². The Balaban J connectivity index is 1.46. The number of carbonyl (C=O) groups excluding carboxylic acids is 1. The zero-order valence-electron chi connectivity index (χ0n) is 24.0. The molecule has 0 radical (unpaired) electrons. The summed E-state index contributed by atoms with van der Waals surface area (Å²) in [6.07, 6.45) is 2.01. The maximum absolute atomic E-state index is 12.6. The number of carbonyl (C=O) groups is 2. The second-order valence-electron chi connectivity index (χ2n) is 12.0. The SMILES string of the molecule is COc1ccc2cc(-c3nc4cc(C(=O)O)cc(OC)c4n3CC3CN(C(=O)OC(C)(C)C)C3)n(CC3CC3)c2n1. The quantitative estimate of drug-likeness (QED) is 0.317. The van der Waals surface area contributed by atoms with E-state index in [1.807, 2.05) is 32.9 Å². The first-order valence-electron chi connectivity index (χ1n) is 13.9. The lowest BCUT2D eigenvalue weighted by molar-refractivity contribution is -0.00314. The van der Waals surface area contributed by atoms with Gasteiger partial charge in [0.2, 0.25) is 5.88 Å². The number of imidazole rings is 1. The smallest absolute Gasteiger partial charge is 0.410 e. The van der Waals surface area contributed by atoms with Crippen molar-refractivity contribution in [2.45, 2.75) is 52.3 Å². The van der Waals surface area contributed by atoms with Gasteiger partial charge in [0.1, 0.15) is 22.5 Å². The van der Waals surface area contributed by atoms with Crippen molar-refractivity contribution in [3.05, 3.63) is 35.9 Å². The van der Waals surface area contributed by atoms with E-state index >= 15 is 0 Å². The largest absolute Gasteiger partial charge is 0.494 e. The molecule has 11 heteroatoms. The molecule has 2 aliphatic rings. The summed E-state index contributed by atoms with van der Waals surface area (Å²) in [6.45, 7) is 8.03. The average molecular weight is 562 g/mol. The summed E-state index contributed by atoms with van der Waals surface area (Å²) < 4.78 is 21.0. The zero-order chi connectivity index (χ0) is 29.1. The van der Waals surface area contributed by atoms with Crippen LogP contribution in [0, 0.1) is 11.8 Å². The number of aromatic nitrogens is 4. The molecule has 6 rings (SSSR count). The molecule has 1 saturated carbocycles. The molecule has 4 aromatic rings. The highest BCUT2D eigenvalue weighted by Gasteiger charge is 2.35. The van der Waals surface area contributed by atoms with Crippen molar-refractivity contribution in [2.24, 2.45) is 11.8 Å². The van der Waals surface area contributed by atoms with Crippen LogP contribution in [-0.4, -0.2) is 74.1 Å². The highest BCUT2D eigenvalue weighted by Crippen LogP contribution is 2.39. The summed E-state index contributed by atoms with van der Waals surface area (Å²) in [7, 11) is 3.14. The van der Waals surface area contributed by atoms with Crippen LogP contribution < -0.4 is 9.47 Å². The number of likely N-dealkylation sites (tertiary alicyclic amines) is 1. The van der Waals surface area contributed by atoms with Crippen LogP contribution in [0.4, 0.5) is 4.79 Å². The molecular formula is C30H35N5O6. The van der Waals surface area contributed by atoms with Gasteiger partial charge in [-0.05, 0) is 63.8 Å². The summed E-state index contributed by atoms with van der Waals surface area (Å²) in [6, 6.07) is 9.04. The first-order valence-corrected chi connectivity index (χ1v) is 13.9. The van der Waals surface area contributed by atoms with Gasteiger partial charge in [-0.1, -0.05) is 0 Å². The lowest BCUT2D eigenvalue weighted by atomic mass is 10.0. The number of hydrogen-bond acceptors (Lipinski definition) is 7. The fourth-order valence-electron chi connectivity index (χ4n) is 5.45. The number of carboxylic acids is 1. The van der Waals surface area contributed by atoms with Crippen molar-refractivity contribution in [3.63, 3.8) is 0 Å². The van der Waals surface area contributed by atoms with E-state index in [2.05, 4.69) is 15.2 Å². The van der Waals surface area contributed by atoms with Crippen molar-refractivity contribution < 1.29 is 28.9 Å². The van der Waals surface area contributed by atoms with Gasteiger partial charge in [0.25, 0.3) is 0 Å². The van der Waals surface area contributed by atoms with Gasteiger partial charge in [-0.15, -0.1) is 0 Å². The third-order valence-corrected chi connectivity index (χ3v) is 7.62. The van der Waals surface area contributed by atoms with Crippen LogP contribution in [0.2, 0.25) is 0 Å². The molecule has 11 nitrogen and oxygen atoms in total. The minimum absolute atomic E-state index is 0.107. The Morgan fingerprint density at radius 2 is 1.71 bits per heavy atom. The van der Waals surface area contributed by atoms with Crippen LogP contribution in [0.5, 0.6) is 11.6 Å². The van der Waals surface area contributed by atoms with Crippen LogP contribution in [0.25, 0.3) is 33.6 Å². The number of methoxy groups -OCH3 is 2. The average Bonchev–Trinajstić information content (AvgIpc) is 3.54. The van der Waals surface area contributed by atoms with E-state index in [0.717, 1.165) is 41.6 Å². The summed E-state index contributed by atoms with van der Waals surface area (Å²) in [5.74, 6) is 1.35.